The standard InChI is InChI=1S/C24H24ClN3O3/c1-15-7-10-21(26-14-15)28-11-12-31-22-17(5-4-6-20(22)28)23(29)27-16-8-9-19(25)18(13-16)24(2,3)30/h4-10,13-14,30H,11-12H2,1-3H3,(H,27,29). The van der Waals surface area contributed by atoms with E-state index in [4.69, 9.17) is 16.3 Å². The molecule has 6 nitrogen and oxygen atoms in total. The summed E-state index contributed by atoms with van der Waals surface area (Å²) < 4.78 is 5.89. The number of carbonyl (C=O) groups excluding carboxylic acids is 1. The van der Waals surface area contributed by atoms with E-state index in [2.05, 4.69) is 10.3 Å². The van der Waals surface area contributed by atoms with Crippen LogP contribution in [0.5, 0.6) is 5.75 Å². The lowest BCUT2D eigenvalue weighted by Gasteiger charge is -2.31. The lowest BCUT2D eigenvalue weighted by molar-refractivity contribution is 0.0787. The largest absolute Gasteiger partial charge is 0.489 e. The van der Waals surface area contributed by atoms with Gasteiger partial charge in [0.1, 0.15) is 12.4 Å². The molecule has 2 heterocycles. The van der Waals surface area contributed by atoms with Gasteiger partial charge in [-0.25, -0.2) is 4.98 Å². The van der Waals surface area contributed by atoms with E-state index in [1.54, 1.807) is 38.1 Å². The number of pyridine rings is 1. The van der Waals surface area contributed by atoms with Crippen molar-refractivity contribution < 1.29 is 14.6 Å². The van der Waals surface area contributed by atoms with Gasteiger partial charge in [0.05, 0.1) is 23.4 Å². The Morgan fingerprint density at radius 1 is 1.23 bits per heavy atom. The molecule has 1 aromatic heterocycles. The fraction of sp³-hybridized carbons (Fsp3) is 0.250. The van der Waals surface area contributed by atoms with Crippen LogP contribution in [0.15, 0.2) is 54.7 Å². The third-order valence-corrected chi connectivity index (χ3v) is 5.48. The molecule has 0 radical (unpaired) electrons. The van der Waals surface area contributed by atoms with Crippen molar-refractivity contribution in [1.29, 1.82) is 0 Å². The molecule has 3 aromatic rings. The quantitative estimate of drug-likeness (QED) is 0.597. The van der Waals surface area contributed by atoms with Crippen LogP contribution in [0.2, 0.25) is 5.02 Å². The second-order valence-corrected chi connectivity index (χ2v) is 8.46. The highest BCUT2D eigenvalue weighted by Crippen LogP contribution is 2.39. The Kier molecular flexibility index (Phi) is 5.60. The van der Waals surface area contributed by atoms with Gasteiger partial charge in [-0.3, -0.25) is 4.79 Å². The first-order valence-corrected chi connectivity index (χ1v) is 10.4. The zero-order valence-electron chi connectivity index (χ0n) is 17.6. The highest BCUT2D eigenvalue weighted by atomic mass is 35.5. The Morgan fingerprint density at radius 3 is 2.74 bits per heavy atom. The molecule has 2 aromatic carbocycles. The Morgan fingerprint density at radius 2 is 2.03 bits per heavy atom. The van der Waals surface area contributed by atoms with Gasteiger partial charge < -0.3 is 20.1 Å². The molecule has 4 rings (SSSR count). The summed E-state index contributed by atoms with van der Waals surface area (Å²) in [6, 6.07) is 14.5. The fourth-order valence-corrected chi connectivity index (χ4v) is 3.90. The zero-order chi connectivity index (χ0) is 22.2. The van der Waals surface area contributed by atoms with Crippen LogP contribution in [-0.4, -0.2) is 29.1 Å². The molecule has 0 unspecified atom stereocenters. The van der Waals surface area contributed by atoms with Crippen molar-refractivity contribution >= 4 is 34.7 Å². The van der Waals surface area contributed by atoms with Crippen LogP contribution in [0.25, 0.3) is 0 Å². The van der Waals surface area contributed by atoms with Crippen LogP contribution < -0.4 is 15.0 Å². The van der Waals surface area contributed by atoms with Gasteiger partial charge in [-0.05, 0) is 62.7 Å². The summed E-state index contributed by atoms with van der Waals surface area (Å²) in [4.78, 5) is 19.7. The van der Waals surface area contributed by atoms with Crippen LogP contribution in [-0.2, 0) is 5.60 Å². The van der Waals surface area contributed by atoms with Crippen LogP contribution in [0.3, 0.4) is 0 Å². The smallest absolute Gasteiger partial charge is 0.259 e. The summed E-state index contributed by atoms with van der Waals surface area (Å²) in [6.45, 7) is 6.37. The molecular weight excluding hydrogens is 414 g/mol. The average Bonchev–Trinajstić information content (AvgIpc) is 2.74. The molecule has 1 amide bonds. The van der Waals surface area contributed by atoms with E-state index >= 15 is 0 Å². The van der Waals surface area contributed by atoms with Gasteiger partial charge in [-0.15, -0.1) is 0 Å². The van der Waals surface area contributed by atoms with Crippen molar-refractivity contribution in [2.24, 2.45) is 0 Å². The molecule has 0 fully saturated rings. The fourth-order valence-electron chi connectivity index (χ4n) is 3.56. The topological polar surface area (TPSA) is 74.7 Å². The van der Waals surface area contributed by atoms with Crippen LogP contribution in [0.4, 0.5) is 17.2 Å². The molecule has 0 bridgehead atoms. The van der Waals surface area contributed by atoms with Crippen molar-refractivity contribution in [2.45, 2.75) is 26.4 Å². The second kappa shape index (κ2) is 8.21. The van der Waals surface area contributed by atoms with E-state index < -0.39 is 5.60 Å². The number of fused-ring (bicyclic) bond motifs is 1. The molecule has 0 saturated carbocycles. The number of aromatic nitrogens is 1. The number of carbonyl (C=O) groups is 1. The van der Waals surface area contributed by atoms with Crippen molar-refractivity contribution in [3.05, 3.63) is 76.4 Å². The highest BCUT2D eigenvalue weighted by Gasteiger charge is 2.26. The minimum absolute atomic E-state index is 0.306. The lowest BCUT2D eigenvalue weighted by atomic mass is 9.98. The maximum atomic E-state index is 13.1. The van der Waals surface area contributed by atoms with Crippen molar-refractivity contribution in [1.82, 2.24) is 4.98 Å². The van der Waals surface area contributed by atoms with Crippen molar-refractivity contribution in [3.63, 3.8) is 0 Å². The molecule has 0 atom stereocenters. The number of hydrogen-bond donors (Lipinski definition) is 2. The van der Waals surface area contributed by atoms with Crippen molar-refractivity contribution in [2.75, 3.05) is 23.4 Å². The summed E-state index contributed by atoms with van der Waals surface area (Å²) in [5.41, 5.74) is 2.25. The average molecular weight is 438 g/mol. The number of aliphatic hydroxyl groups is 1. The number of para-hydroxylation sites is 1. The van der Waals surface area contributed by atoms with E-state index in [0.29, 0.717) is 40.7 Å². The summed E-state index contributed by atoms with van der Waals surface area (Å²) in [6.07, 6.45) is 1.82. The zero-order valence-corrected chi connectivity index (χ0v) is 18.4. The molecule has 2 N–H and O–H groups in total. The predicted octanol–water partition coefficient (Wildman–Crippen LogP) is 5.05. The van der Waals surface area contributed by atoms with E-state index in [1.807, 2.05) is 42.3 Å². The first-order valence-electron chi connectivity index (χ1n) is 10.0. The van der Waals surface area contributed by atoms with Gasteiger partial charge in [0.25, 0.3) is 5.91 Å². The van der Waals surface area contributed by atoms with Crippen LogP contribution in [0, 0.1) is 6.92 Å². The monoisotopic (exact) mass is 437 g/mol. The number of benzene rings is 2. The number of aryl methyl sites for hydroxylation is 1. The maximum absolute atomic E-state index is 13.1. The van der Waals surface area contributed by atoms with Gasteiger partial charge in [0, 0.05) is 22.5 Å². The minimum atomic E-state index is -1.13. The van der Waals surface area contributed by atoms with Crippen molar-refractivity contribution in [3.8, 4) is 5.75 Å². The first-order chi connectivity index (χ1) is 14.7. The van der Waals surface area contributed by atoms with Gasteiger partial charge >= 0.3 is 0 Å². The summed E-state index contributed by atoms with van der Waals surface area (Å²) >= 11 is 6.21. The Hall–Kier alpha value is -3.09. The molecule has 1 aliphatic heterocycles. The van der Waals surface area contributed by atoms with E-state index in [1.165, 1.54) is 0 Å². The summed E-state index contributed by atoms with van der Waals surface area (Å²) in [5.74, 6) is 1.02. The number of nitrogens with zero attached hydrogens (tertiary/aromatic N) is 2. The van der Waals surface area contributed by atoms with E-state index in [9.17, 15) is 9.90 Å². The van der Waals surface area contributed by atoms with E-state index in [0.717, 1.165) is 17.1 Å². The maximum Gasteiger partial charge on any atom is 0.259 e. The van der Waals surface area contributed by atoms with Gasteiger partial charge in [-0.2, -0.15) is 0 Å². The number of hydrogen-bond acceptors (Lipinski definition) is 5. The molecular formula is C24H24ClN3O3. The molecule has 160 valence electrons. The Labute approximate surface area is 186 Å². The summed E-state index contributed by atoms with van der Waals surface area (Å²) in [7, 11) is 0. The number of halogens is 1. The normalized spacial score (nSPS) is 13.4. The number of anilines is 3. The Balaban J connectivity index is 1.65. The number of amides is 1. The molecule has 0 aliphatic carbocycles. The lowest BCUT2D eigenvalue weighted by Crippen LogP contribution is -2.30. The highest BCUT2D eigenvalue weighted by molar-refractivity contribution is 6.31. The van der Waals surface area contributed by atoms with Gasteiger partial charge in [-0.1, -0.05) is 23.7 Å². The third kappa shape index (κ3) is 4.36. The van der Waals surface area contributed by atoms with Gasteiger partial charge in [0.2, 0.25) is 0 Å². The first kappa shape index (κ1) is 21.2. The van der Waals surface area contributed by atoms with E-state index in [-0.39, 0.29) is 5.91 Å². The predicted molar refractivity (Wildman–Crippen MR) is 123 cm³/mol. The molecule has 0 spiro atoms. The molecule has 0 saturated heterocycles. The van der Waals surface area contributed by atoms with Crippen LogP contribution in [0.1, 0.15) is 35.3 Å². The third-order valence-electron chi connectivity index (χ3n) is 5.15. The number of ether oxygens (including phenoxy) is 1. The SMILES string of the molecule is Cc1ccc(N2CCOc3c(C(=O)Nc4ccc(Cl)c(C(C)(C)O)c4)cccc32)nc1. The van der Waals surface area contributed by atoms with Crippen LogP contribution >= 0.6 is 11.6 Å². The Bertz CT molecular complexity index is 1120. The number of rotatable bonds is 4. The van der Waals surface area contributed by atoms with Gasteiger partial charge in [0.15, 0.2) is 5.75 Å². The second-order valence-electron chi connectivity index (χ2n) is 8.06. The molecule has 7 heteroatoms. The summed E-state index contributed by atoms with van der Waals surface area (Å²) in [5, 5.41) is 13.7. The molecule has 1 aliphatic rings. The molecule has 31 heavy (non-hydrogen) atoms. The number of nitrogens with one attached hydrogen (secondary N) is 1. The minimum Gasteiger partial charge on any atom is -0.489 e.